The predicted molar refractivity (Wildman–Crippen MR) is 121 cm³/mol. The van der Waals surface area contributed by atoms with E-state index in [9.17, 15) is 14.4 Å². The zero-order valence-corrected chi connectivity index (χ0v) is 20.5. The Morgan fingerprint density at radius 1 is 1.00 bits per heavy atom. The highest BCUT2D eigenvalue weighted by Gasteiger charge is 2.80. The summed E-state index contributed by atoms with van der Waals surface area (Å²) >= 11 is 0. The summed E-state index contributed by atoms with van der Waals surface area (Å²) in [5.41, 5.74) is -0.490. The van der Waals surface area contributed by atoms with Crippen LogP contribution < -0.4 is 0 Å². The van der Waals surface area contributed by atoms with Crippen LogP contribution in [0.15, 0.2) is 23.3 Å². The molecule has 2 saturated heterocycles. The number of esters is 2. The summed E-state index contributed by atoms with van der Waals surface area (Å²) in [5.74, 6) is 0.550. The molecule has 10 unspecified atom stereocenters. The van der Waals surface area contributed by atoms with Gasteiger partial charge in [-0.1, -0.05) is 11.6 Å². The maximum atomic E-state index is 13.8. The highest BCUT2D eigenvalue weighted by atomic mass is 16.6. The van der Waals surface area contributed by atoms with Crippen LogP contribution in [0.5, 0.6) is 0 Å². The molecule has 3 aliphatic heterocycles. The molecule has 0 aromatic carbocycles. The van der Waals surface area contributed by atoms with E-state index in [1.165, 1.54) is 0 Å². The zero-order valence-electron chi connectivity index (χ0n) is 20.5. The summed E-state index contributed by atoms with van der Waals surface area (Å²) in [4.78, 5) is 39.6. The van der Waals surface area contributed by atoms with Gasteiger partial charge in [0.15, 0.2) is 11.4 Å². The fourth-order valence-electron chi connectivity index (χ4n) is 9.82. The highest BCUT2D eigenvalue weighted by Crippen LogP contribution is 2.75. The third-order valence-corrected chi connectivity index (χ3v) is 11.8. The predicted octanol–water partition coefficient (Wildman–Crippen LogP) is 4.07. The van der Waals surface area contributed by atoms with Gasteiger partial charge in [0, 0.05) is 17.9 Å². The number of carbonyl (C=O) groups is 3. The molecule has 6 heteroatoms. The van der Waals surface area contributed by atoms with Crippen LogP contribution in [0.25, 0.3) is 0 Å². The number of cyclic esters (lactones) is 2. The van der Waals surface area contributed by atoms with Crippen LogP contribution in [-0.2, 0) is 28.6 Å². The number of hydrogen-bond acceptors (Lipinski definition) is 6. The molecular formula is C28H34O6. The molecule has 5 fully saturated rings. The van der Waals surface area contributed by atoms with E-state index in [-0.39, 0.29) is 53.1 Å². The normalized spacial score (nSPS) is 55.0. The molecule has 6 nitrogen and oxygen atoms in total. The molecule has 0 aromatic heterocycles. The van der Waals surface area contributed by atoms with E-state index < -0.39 is 22.5 Å². The van der Waals surface area contributed by atoms with Crippen LogP contribution in [0, 0.1) is 34.5 Å². The topological polar surface area (TPSA) is 82.2 Å². The summed E-state index contributed by atoms with van der Waals surface area (Å²) in [6, 6.07) is 0. The summed E-state index contributed by atoms with van der Waals surface area (Å²) in [6.07, 6.45) is 9.25. The van der Waals surface area contributed by atoms with Gasteiger partial charge < -0.3 is 14.2 Å². The number of ketones is 1. The molecule has 182 valence electrons. The molecule has 7 aliphatic rings. The van der Waals surface area contributed by atoms with Crippen LogP contribution in [0.2, 0.25) is 0 Å². The van der Waals surface area contributed by atoms with Gasteiger partial charge in [-0.2, -0.15) is 0 Å². The molecular weight excluding hydrogens is 432 g/mol. The number of ether oxygens (including phenoxy) is 3. The minimum absolute atomic E-state index is 0.0315. The Labute approximate surface area is 200 Å². The Balaban J connectivity index is 1.25. The number of rotatable bonds is 1. The number of allylic oxidation sites excluding steroid dienone is 1. The van der Waals surface area contributed by atoms with Crippen molar-refractivity contribution in [2.24, 2.45) is 34.5 Å². The van der Waals surface area contributed by atoms with E-state index in [1.54, 1.807) is 13.0 Å². The second-order valence-corrected chi connectivity index (χ2v) is 12.6. The Bertz CT molecular complexity index is 1100. The molecule has 0 aromatic rings. The van der Waals surface area contributed by atoms with Crippen molar-refractivity contribution in [1.82, 2.24) is 0 Å². The first kappa shape index (κ1) is 21.3. The highest BCUT2D eigenvalue weighted by molar-refractivity contribution is 5.98. The molecule has 2 spiro atoms. The summed E-state index contributed by atoms with van der Waals surface area (Å²) in [6.45, 7) is 7.91. The number of fused-ring (bicyclic) bond motifs is 3. The zero-order chi connectivity index (χ0) is 23.8. The summed E-state index contributed by atoms with van der Waals surface area (Å²) in [5, 5.41) is 0. The Kier molecular flexibility index (Phi) is 3.91. The molecule has 0 radical (unpaired) electrons. The SMILES string of the molecule is CC1=C(C)C(=O)OC(C2(C)OC(=O)C34CCC5C(CC6OC67CC=CC(=O)C57C)C3CCC24)C1. The van der Waals surface area contributed by atoms with Crippen molar-refractivity contribution >= 4 is 17.7 Å². The van der Waals surface area contributed by atoms with Gasteiger partial charge in [0.2, 0.25) is 0 Å². The van der Waals surface area contributed by atoms with Crippen LogP contribution >= 0.6 is 0 Å². The monoisotopic (exact) mass is 466 g/mol. The fourth-order valence-corrected chi connectivity index (χ4v) is 9.82. The van der Waals surface area contributed by atoms with Gasteiger partial charge in [0.25, 0.3) is 0 Å². The molecule has 0 bridgehead atoms. The average Bonchev–Trinajstić information content (AvgIpc) is 3.26. The second kappa shape index (κ2) is 6.24. The lowest BCUT2D eigenvalue weighted by atomic mass is 9.44. The van der Waals surface area contributed by atoms with Crippen molar-refractivity contribution in [3.63, 3.8) is 0 Å². The summed E-state index contributed by atoms with van der Waals surface area (Å²) < 4.78 is 18.5. The van der Waals surface area contributed by atoms with Gasteiger partial charge >= 0.3 is 11.9 Å². The van der Waals surface area contributed by atoms with E-state index in [4.69, 9.17) is 14.2 Å². The molecule has 0 amide bonds. The standard InChI is InChI=1S/C28H34O6/c1-14-12-21(32-23(30)15(14)2)26(4)19-8-7-18-16-13-22-28(33-22)10-5-6-20(29)25(28,3)17(16)9-11-27(18,19)24(31)34-26/h5-6,16-19,21-22H,7-13H2,1-4H3. The molecule has 4 aliphatic carbocycles. The van der Waals surface area contributed by atoms with Gasteiger partial charge in [-0.3, -0.25) is 9.59 Å². The van der Waals surface area contributed by atoms with Gasteiger partial charge in [0.1, 0.15) is 11.7 Å². The largest absolute Gasteiger partial charge is 0.455 e. The van der Waals surface area contributed by atoms with E-state index >= 15 is 0 Å². The first-order valence-electron chi connectivity index (χ1n) is 13.1. The number of hydrogen-bond donors (Lipinski definition) is 0. The second-order valence-electron chi connectivity index (χ2n) is 12.6. The Morgan fingerprint density at radius 2 is 1.79 bits per heavy atom. The minimum Gasteiger partial charge on any atom is -0.455 e. The molecule has 10 atom stereocenters. The third kappa shape index (κ3) is 2.13. The van der Waals surface area contributed by atoms with Crippen molar-refractivity contribution in [3.8, 4) is 0 Å². The lowest BCUT2D eigenvalue weighted by molar-refractivity contribution is -0.178. The Morgan fingerprint density at radius 3 is 2.56 bits per heavy atom. The first-order chi connectivity index (χ1) is 16.1. The van der Waals surface area contributed by atoms with Crippen molar-refractivity contribution in [2.45, 2.75) is 96.1 Å². The Hall–Kier alpha value is -1.95. The third-order valence-electron chi connectivity index (χ3n) is 11.8. The molecule has 3 heterocycles. The van der Waals surface area contributed by atoms with Crippen LogP contribution in [0.1, 0.15) is 72.6 Å². The van der Waals surface area contributed by atoms with Crippen molar-refractivity contribution in [2.75, 3.05) is 0 Å². The van der Waals surface area contributed by atoms with Gasteiger partial charge in [-0.25, -0.2) is 4.79 Å². The maximum absolute atomic E-state index is 13.8. The van der Waals surface area contributed by atoms with E-state index in [0.717, 1.165) is 44.1 Å². The van der Waals surface area contributed by atoms with E-state index in [1.807, 2.05) is 19.9 Å². The van der Waals surface area contributed by atoms with Crippen LogP contribution in [0.4, 0.5) is 0 Å². The minimum atomic E-state index is -0.807. The van der Waals surface area contributed by atoms with Crippen LogP contribution in [0.3, 0.4) is 0 Å². The number of carbonyl (C=O) groups excluding carboxylic acids is 3. The smallest absolute Gasteiger partial charge is 0.334 e. The quantitative estimate of drug-likeness (QED) is 0.428. The lowest BCUT2D eigenvalue weighted by Crippen LogP contribution is -2.60. The molecule has 3 saturated carbocycles. The van der Waals surface area contributed by atoms with Crippen molar-refractivity contribution in [1.29, 1.82) is 0 Å². The van der Waals surface area contributed by atoms with E-state index in [2.05, 4.69) is 6.92 Å². The molecule has 7 rings (SSSR count). The maximum Gasteiger partial charge on any atom is 0.334 e. The summed E-state index contributed by atoms with van der Waals surface area (Å²) in [7, 11) is 0. The van der Waals surface area contributed by atoms with E-state index in [0.29, 0.717) is 12.0 Å². The average molecular weight is 467 g/mol. The number of epoxide rings is 1. The van der Waals surface area contributed by atoms with Gasteiger partial charge in [-0.15, -0.1) is 0 Å². The first-order valence-corrected chi connectivity index (χ1v) is 13.1. The van der Waals surface area contributed by atoms with Gasteiger partial charge in [0.05, 0.1) is 16.9 Å². The van der Waals surface area contributed by atoms with Gasteiger partial charge in [-0.05, 0) is 90.0 Å². The lowest BCUT2D eigenvalue weighted by Gasteiger charge is -2.56. The van der Waals surface area contributed by atoms with Crippen molar-refractivity contribution in [3.05, 3.63) is 23.3 Å². The molecule has 0 N–H and O–H groups in total. The van der Waals surface area contributed by atoms with Crippen molar-refractivity contribution < 1.29 is 28.6 Å². The molecule has 34 heavy (non-hydrogen) atoms. The fraction of sp³-hybridized carbons (Fsp3) is 0.750. The van der Waals surface area contributed by atoms with Crippen LogP contribution in [-0.4, -0.2) is 41.1 Å².